The number of halogens is 1. The van der Waals surface area contributed by atoms with Gasteiger partial charge in [0.15, 0.2) is 0 Å². The summed E-state index contributed by atoms with van der Waals surface area (Å²) in [4.78, 5) is 24.3. The van der Waals surface area contributed by atoms with Crippen LogP contribution in [0.3, 0.4) is 0 Å². The minimum absolute atomic E-state index is 0.0976. The maximum Gasteiger partial charge on any atom is 0.305 e. The lowest BCUT2D eigenvalue weighted by atomic mass is 10.1. The predicted molar refractivity (Wildman–Crippen MR) is 69.4 cm³/mol. The number of carboxylic acids is 1. The molecular weight excluding hydrogens is 249 g/mol. The Morgan fingerprint density at radius 2 is 1.84 bits per heavy atom. The molecule has 0 radical (unpaired) electrons. The highest BCUT2D eigenvalue weighted by Crippen LogP contribution is 2.09. The Morgan fingerprint density at radius 3 is 2.32 bits per heavy atom. The molecule has 0 unspecified atom stereocenters. The molecule has 0 aliphatic carbocycles. The Labute approximate surface area is 111 Å². The van der Waals surface area contributed by atoms with Crippen LogP contribution >= 0.6 is 0 Å². The van der Waals surface area contributed by atoms with Crippen molar-refractivity contribution < 1.29 is 19.1 Å². The minimum atomic E-state index is -0.944. The highest BCUT2D eigenvalue weighted by atomic mass is 19.1. The smallest absolute Gasteiger partial charge is 0.305 e. The van der Waals surface area contributed by atoms with E-state index in [-0.39, 0.29) is 24.8 Å². The summed E-state index contributed by atoms with van der Waals surface area (Å²) in [5.41, 5.74) is 0.368. The van der Waals surface area contributed by atoms with E-state index in [1.165, 1.54) is 29.2 Å². The van der Waals surface area contributed by atoms with E-state index in [2.05, 4.69) is 0 Å². The lowest BCUT2D eigenvalue weighted by molar-refractivity contribution is -0.137. The van der Waals surface area contributed by atoms with E-state index >= 15 is 0 Å². The first-order valence-corrected chi connectivity index (χ1v) is 6.16. The number of nitrogens with zero attached hydrogens (tertiary/aromatic N) is 1. The van der Waals surface area contributed by atoms with Crippen LogP contribution in [0.1, 0.15) is 30.6 Å². The van der Waals surface area contributed by atoms with Crippen LogP contribution in [0.5, 0.6) is 0 Å². The lowest BCUT2D eigenvalue weighted by Gasteiger charge is -2.24. The number of carboxylic acid groups (broad SMARTS) is 1. The van der Waals surface area contributed by atoms with Gasteiger partial charge in [0.1, 0.15) is 5.82 Å². The molecule has 104 valence electrons. The second-order valence-electron chi connectivity index (χ2n) is 4.80. The van der Waals surface area contributed by atoms with Crippen LogP contribution in [0.2, 0.25) is 0 Å². The molecule has 0 saturated heterocycles. The number of rotatable bonds is 6. The van der Waals surface area contributed by atoms with Crippen molar-refractivity contribution in [2.24, 2.45) is 5.92 Å². The van der Waals surface area contributed by atoms with Gasteiger partial charge in [0.05, 0.1) is 6.42 Å². The minimum Gasteiger partial charge on any atom is -0.481 e. The van der Waals surface area contributed by atoms with Gasteiger partial charge >= 0.3 is 5.97 Å². The molecule has 0 aliphatic heterocycles. The molecule has 0 heterocycles. The van der Waals surface area contributed by atoms with E-state index < -0.39 is 11.8 Å². The summed E-state index contributed by atoms with van der Waals surface area (Å²) in [6, 6.07) is 5.26. The van der Waals surface area contributed by atoms with Crippen molar-refractivity contribution in [1.29, 1.82) is 0 Å². The molecule has 0 bridgehead atoms. The molecule has 0 saturated carbocycles. The van der Waals surface area contributed by atoms with Crippen LogP contribution in [-0.2, 0) is 4.79 Å². The lowest BCUT2D eigenvalue weighted by Crippen LogP contribution is -2.36. The Balaban J connectivity index is 2.80. The van der Waals surface area contributed by atoms with Gasteiger partial charge < -0.3 is 10.0 Å². The maximum atomic E-state index is 12.8. The number of benzene rings is 1. The second-order valence-corrected chi connectivity index (χ2v) is 4.80. The average molecular weight is 267 g/mol. The average Bonchev–Trinajstić information content (AvgIpc) is 2.34. The quantitative estimate of drug-likeness (QED) is 0.861. The van der Waals surface area contributed by atoms with Crippen LogP contribution in [0.25, 0.3) is 0 Å². The number of amides is 1. The van der Waals surface area contributed by atoms with Gasteiger partial charge in [-0.25, -0.2) is 4.39 Å². The summed E-state index contributed by atoms with van der Waals surface area (Å²) < 4.78 is 12.8. The Morgan fingerprint density at radius 1 is 1.26 bits per heavy atom. The molecule has 1 aromatic rings. The van der Waals surface area contributed by atoms with Gasteiger partial charge in [-0.05, 0) is 30.2 Å². The van der Waals surface area contributed by atoms with Crippen molar-refractivity contribution >= 4 is 11.9 Å². The normalized spacial score (nSPS) is 10.5. The van der Waals surface area contributed by atoms with Crippen LogP contribution in [-0.4, -0.2) is 35.0 Å². The third-order valence-electron chi connectivity index (χ3n) is 2.56. The van der Waals surface area contributed by atoms with Gasteiger partial charge in [-0.1, -0.05) is 13.8 Å². The predicted octanol–water partition coefficient (Wildman–Crippen LogP) is 2.40. The summed E-state index contributed by atoms with van der Waals surface area (Å²) in [5.74, 6) is -1.38. The number of hydrogen-bond donors (Lipinski definition) is 1. The van der Waals surface area contributed by atoms with E-state index in [1.807, 2.05) is 13.8 Å². The van der Waals surface area contributed by atoms with Gasteiger partial charge in [-0.3, -0.25) is 9.59 Å². The maximum absolute atomic E-state index is 12.8. The first-order valence-electron chi connectivity index (χ1n) is 6.16. The van der Waals surface area contributed by atoms with Crippen molar-refractivity contribution in [1.82, 2.24) is 4.90 Å². The van der Waals surface area contributed by atoms with E-state index in [1.54, 1.807) is 0 Å². The van der Waals surface area contributed by atoms with Crippen molar-refractivity contribution in [3.63, 3.8) is 0 Å². The topological polar surface area (TPSA) is 57.6 Å². The Kier molecular flexibility index (Phi) is 5.48. The van der Waals surface area contributed by atoms with Crippen LogP contribution < -0.4 is 0 Å². The summed E-state index contributed by atoms with van der Waals surface area (Å²) in [6.45, 7) is 4.53. The molecule has 1 amide bonds. The molecule has 5 heteroatoms. The molecule has 0 atom stereocenters. The molecule has 4 nitrogen and oxygen atoms in total. The zero-order valence-electron chi connectivity index (χ0n) is 11.1. The molecule has 0 aliphatic rings. The van der Waals surface area contributed by atoms with Crippen LogP contribution in [0.15, 0.2) is 24.3 Å². The highest BCUT2D eigenvalue weighted by molar-refractivity contribution is 5.94. The van der Waals surface area contributed by atoms with E-state index in [0.29, 0.717) is 12.1 Å². The first-order chi connectivity index (χ1) is 8.90. The Bertz CT molecular complexity index is 443. The van der Waals surface area contributed by atoms with Crippen molar-refractivity contribution in [3.8, 4) is 0 Å². The fraction of sp³-hybridized carbons (Fsp3) is 0.429. The highest BCUT2D eigenvalue weighted by Gasteiger charge is 2.17. The van der Waals surface area contributed by atoms with Crippen molar-refractivity contribution in [2.75, 3.05) is 13.1 Å². The fourth-order valence-corrected chi connectivity index (χ4v) is 1.72. The zero-order chi connectivity index (χ0) is 14.4. The SMILES string of the molecule is CC(C)CN(CCC(=O)O)C(=O)c1ccc(F)cc1. The van der Waals surface area contributed by atoms with Gasteiger partial charge in [0, 0.05) is 18.7 Å². The number of aliphatic carboxylic acids is 1. The summed E-state index contributed by atoms with van der Waals surface area (Å²) in [7, 11) is 0. The van der Waals surface area contributed by atoms with E-state index in [4.69, 9.17) is 5.11 Å². The molecule has 0 spiro atoms. The third-order valence-corrected chi connectivity index (χ3v) is 2.56. The third kappa shape index (κ3) is 5.07. The monoisotopic (exact) mass is 267 g/mol. The molecule has 1 aromatic carbocycles. The van der Waals surface area contributed by atoms with Crippen molar-refractivity contribution in [3.05, 3.63) is 35.6 Å². The Hall–Kier alpha value is -1.91. The first kappa shape index (κ1) is 15.1. The number of carbonyl (C=O) groups excluding carboxylic acids is 1. The molecular formula is C14H18FNO3. The van der Waals surface area contributed by atoms with Gasteiger partial charge in [-0.15, -0.1) is 0 Å². The van der Waals surface area contributed by atoms with Crippen molar-refractivity contribution in [2.45, 2.75) is 20.3 Å². The summed E-state index contributed by atoms with van der Waals surface area (Å²) in [6.07, 6.45) is -0.0976. The van der Waals surface area contributed by atoms with Gasteiger partial charge in [0.2, 0.25) is 0 Å². The standard InChI is InChI=1S/C14H18FNO3/c1-10(2)9-16(8-7-13(17)18)14(19)11-3-5-12(15)6-4-11/h3-6,10H,7-9H2,1-2H3,(H,17,18). The largest absolute Gasteiger partial charge is 0.481 e. The van der Waals surface area contributed by atoms with Gasteiger partial charge in [-0.2, -0.15) is 0 Å². The molecule has 1 rings (SSSR count). The van der Waals surface area contributed by atoms with Crippen LogP contribution in [0, 0.1) is 11.7 Å². The van der Waals surface area contributed by atoms with E-state index in [0.717, 1.165) is 0 Å². The van der Waals surface area contributed by atoms with E-state index in [9.17, 15) is 14.0 Å². The zero-order valence-corrected chi connectivity index (χ0v) is 11.1. The molecule has 19 heavy (non-hydrogen) atoms. The molecule has 0 aromatic heterocycles. The number of hydrogen-bond acceptors (Lipinski definition) is 2. The number of carbonyl (C=O) groups is 2. The van der Waals surface area contributed by atoms with Gasteiger partial charge in [0.25, 0.3) is 5.91 Å². The second kappa shape index (κ2) is 6.87. The molecule has 1 N–H and O–H groups in total. The van der Waals surface area contributed by atoms with Crippen LogP contribution in [0.4, 0.5) is 4.39 Å². The fourth-order valence-electron chi connectivity index (χ4n) is 1.72. The summed E-state index contributed by atoms with van der Waals surface area (Å²) >= 11 is 0. The molecule has 0 fully saturated rings. The summed E-state index contributed by atoms with van der Waals surface area (Å²) in [5, 5.41) is 8.70.